The van der Waals surface area contributed by atoms with Gasteiger partial charge in [-0.1, -0.05) is 56.8 Å². The predicted octanol–water partition coefficient (Wildman–Crippen LogP) is 7.75. The number of aryl methyl sites for hydroxylation is 2. The van der Waals surface area contributed by atoms with Crippen LogP contribution >= 0.6 is 11.3 Å². The molecule has 0 aliphatic heterocycles. The van der Waals surface area contributed by atoms with Crippen LogP contribution in [0.3, 0.4) is 0 Å². The van der Waals surface area contributed by atoms with Gasteiger partial charge in [-0.15, -0.1) is 11.3 Å². The minimum absolute atomic E-state index is 0.0729. The van der Waals surface area contributed by atoms with Crippen LogP contribution in [0, 0.1) is 13.8 Å². The Morgan fingerprint density at radius 2 is 1.52 bits per heavy atom. The Morgan fingerprint density at radius 1 is 0.931 bits per heavy atom. The molecule has 1 heterocycles. The summed E-state index contributed by atoms with van der Waals surface area (Å²) in [6.07, 6.45) is 2.12. The minimum atomic E-state index is 0.0729. The number of allylic oxidation sites excluding steroid dienone is 1. The SMILES string of the molecule is C=C(C)c1sccc1-c1c(C)ccc(C)c1-c1ccc(C(CC)(CC)CN)cc1. The van der Waals surface area contributed by atoms with Crippen molar-refractivity contribution in [3.8, 4) is 22.3 Å². The fourth-order valence-corrected chi connectivity index (χ4v) is 5.26. The molecule has 2 N–H and O–H groups in total. The molecular formula is C27H33NS. The van der Waals surface area contributed by atoms with Crippen molar-refractivity contribution in [3.05, 3.63) is 76.0 Å². The summed E-state index contributed by atoms with van der Waals surface area (Å²) in [4.78, 5) is 1.27. The zero-order valence-electron chi connectivity index (χ0n) is 18.4. The fourth-order valence-electron chi connectivity index (χ4n) is 4.42. The summed E-state index contributed by atoms with van der Waals surface area (Å²) in [5, 5.41) is 2.17. The van der Waals surface area contributed by atoms with E-state index in [1.807, 2.05) is 0 Å². The second-order valence-corrected chi connectivity index (χ2v) is 9.08. The Hall–Kier alpha value is -2.16. The Balaban J connectivity index is 2.19. The van der Waals surface area contributed by atoms with Crippen molar-refractivity contribution in [3.63, 3.8) is 0 Å². The summed E-state index contributed by atoms with van der Waals surface area (Å²) in [5.74, 6) is 0. The number of benzene rings is 2. The van der Waals surface area contributed by atoms with Gasteiger partial charge in [0.15, 0.2) is 0 Å². The van der Waals surface area contributed by atoms with Gasteiger partial charge in [0, 0.05) is 22.4 Å². The standard InChI is InChI=1S/C27H33NS/c1-7-27(8-2,17-28)22-13-11-21(12-14-22)24-19(5)9-10-20(6)25(24)23-15-16-29-26(23)18(3)4/h9-16H,3,7-8,17,28H2,1-2,4-6H3. The largest absolute Gasteiger partial charge is 0.330 e. The molecule has 0 atom stereocenters. The summed E-state index contributed by atoms with van der Waals surface area (Å²) < 4.78 is 0. The maximum atomic E-state index is 6.18. The van der Waals surface area contributed by atoms with Gasteiger partial charge in [-0.25, -0.2) is 0 Å². The molecular weight excluding hydrogens is 370 g/mol. The van der Waals surface area contributed by atoms with Crippen LogP contribution in [-0.4, -0.2) is 6.54 Å². The van der Waals surface area contributed by atoms with Gasteiger partial charge in [0.2, 0.25) is 0 Å². The zero-order chi connectivity index (χ0) is 21.2. The average Bonchev–Trinajstić information content (AvgIpc) is 3.21. The first-order chi connectivity index (χ1) is 13.9. The van der Waals surface area contributed by atoms with Crippen LogP contribution in [0.25, 0.3) is 27.8 Å². The second-order valence-electron chi connectivity index (χ2n) is 8.16. The lowest BCUT2D eigenvalue weighted by Crippen LogP contribution is -2.33. The molecule has 0 radical (unpaired) electrons. The molecule has 0 unspecified atom stereocenters. The third-order valence-corrected chi connectivity index (χ3v) is 7.55. The van der Waals surface area contributed by atoms with Crippen molar-refractivity contribution in [1.29, 1.82) is 0 Å². The van der Waals surface area contributed by atoms with Crippen molar-refractivity contribution >= 4 is 16.9 Å². The van der Waals surface area contributed by atoms with Gasteiger partial charge in [-0.05, 0) is 84.0 Å². The molecule has 0 spiro atoms. The number of hydrogen-bond acceptors (Lipinski definition) is 2. The van der Waals surface area contributed by atoms with Gasteiger partial charge in [-0.3, -0.25) is 0 Å². The zero-order valence-corrected chi connectivity index (χ0v) is 19.2. The highest BCUT2D eigenvalue weighted by atomic mass is 32.1. The highest BCUT2D eigenvalue weighted by Crippen LogP contribution is 2.42. The summed E-state index contributed by atoms with van der Waals surface area (Å²) in [5.41, 5.74) is 16.5. The summed E-state index contributed by atoms with van der Waals surface area (Å²) in [7, 11) is 0. The minimum Gasteiger partial charge on any atom is -0.330 e. The Labute approximate surface area is 180 Å². The molecule has 1 nitrogen and oxygen atoms in total. The highest BCUT2D eigenvalue weighted by Gasteiger charge is 2.27. The Morgan fingerprint density at radius 3 is 2.03 bits per heavy atom. The predicted molar refractivity (Wildman–Crippen MR) is 131 cm³/mol. The average molecular weight is 404 g/mol. The van der Waals surface area contributed by atoms with Crippen LogP contribution in [0.2, 0.25) is 0 Å². The normalized spacial score (nSPS) is 11.7. The maximum absolute atomic E-state index is 6.18. The fraction of sp³-hybridized carbons (Fsp3) is 0.333. The number of nitrogens with two attached hydrogens (primary N) is 1. The number of hydrogen-bond donors (Lipinski definition) is 1. The van der Waals surface area contributed by atoms with E-state index in [9.17, 15) is 0 Å². The van der Waals surface area contributed by atoms with Crippen LogP contribution in [0.5, 0.6) is 0 Å². The molecule has 0 saturated heterocycles. The van der Waals surface area contributed by atoms with E-state index in [1.54, 1.807) is 11.3 Å². The molecule has 2 heteroatoms. The molecule has 0 amide bonds. The van der Waals surface area contributed by atoms with Crippen molar-refractivity contribution < 1.29 is 0 Å². The van der Waals surface area contributed by atoms with E-state index in [4.69, 9.17) is 5.73 Å². The van der Waals surface area contributed by atoms with Gasteiger partial charge in [-0.2, -0.15) is 0 Å². The third kappa shape index (κ3) is 3.84. The van der Waals surface area contributed by atoms with Crippen LogP contribution < -0.4 is 5.73 Å². The number of rotatable bonds is 7. The molecule has 3 rings (SSSR count). The summed E-state index contributed by atoms with van der Waals surface area (Å²) in [6.45, 7) is 15.9. The summed E-state index contributed by atoms with van der Waals surface area (Å²) in [6, 6.07) is 15.8. The van der Waals surface area contributed by atoms with Crippen molar-refractivity contribution in [2.75, 3.05) is 6.54 Å². The molecule has 152 valence electrons. The van der Waals surface area contributed by atoms with E-state index in [-0.39, 0.29) is 5.41 Å². The van der Waals surface area contributed by atoms with Crippen molar-refractivity contribution in [2.24, 2.45) is 5.73 Å². The lowest BCUT2D eigenvalue weighted by Gasteiger charge is -2.31. The molecule has 0 saturated carbocycles. The van der Waals surface area contributed by atoms with Gasteiger partial charge in [0.1, 0.15) is 0 Å². The van der Waals surface area contributed by atoms with E-state index in [0.717, 1.165) is 18.4 Å². The smallest absolute Gasteiger partial charge is 0.0372 e. The Kier molecular flexibility index (Phi) is 6.45. The van der Waals surface area contributed by atoms with Crippen molar-refractivity contribution in [2.45, 2.75) is 52.9 Å². The number of thiophene rings is 1. The quantitative estimate of drug-likeness (QED) is 0.429. The van der Waals surface area contributed by atoms with Gasteiger partial charge in [0.25, 0.3) is 0 Å². The van der Waals surface area contributed by atoms with E-state index >= 15 is 0 Å². The topological polar surface area (TPSA) is 26.0 Å². The van der Waals surface area contributed by atoms with E-state index in [1.165, 1.54) is 43.8 Å². The highest BCUT2D eigenvalue weighted by molar-refractivity contribution is 7.11. The molecule has 2 aromatic carbocycles. The first kappa shape index (κ1) is 21.5. The first-order valence-corrected chi connectivity index (χ1v) is 11.4. The van der Waals surface area contributed by atoms with Crippen LogP contribution in [-0.2, 0) is 5.41 Å². The lowest BCUT2D eigenvalue weighted by atomic mass is 9.75. The van der Waals surface area contributed by atoms with Crippen LogP contribution in [0.1, 0.15) is 55.2 Å². The molecule has 0 aliphatic carbocycles. The van der Waals surface area contributed by atoms with Crippen LogP contribution in [0.15, 0.2) is 54.4 Å². The third-order valence-electron chi connectivity index (χ3n) is 6.47. The first-order valence-electron chi connectivity index (χ1n) is 10.5. The second kappa shape index (κ2) is 8.69. The van der Waals surface area contributed by atoms with Crippen LogP contribution in [0.4, 0.5) is 0 Å². The van der Waals surface area contributed by atoms with Crippen molar-refractivity contribution in [1.82, 2.24) is 0 Å². The van der Waals surface area contributed by atoms with E-state index in [0.29, 0.717) is 6.54 Å². The molecule has 1 aromatic heterocycles. The molecule has 0 fully saturated rings. The lowest BCUT2D eigenvalue weighted by molar-refractivity contribution is 0.407. The molecule has 29 heavy (non-hydrogen) atoms. The van der Waals surface area contributed by atoms with Gasteiger partial charge >= 0.3 is 0 Å². The maximum Gasteiger partial charge on any atom is 0.0372 e. The molecule has 0 bridgehead atoms. The monoisotopic (exact) mass is 403 g/mol. The van der Waals surface area contributed by atoms with E-state index < -0.39 is 0 Å². The molecule has 3 aromatic rings. The Bertz CT molecular complexity index is 995. The molecule has 0 aliphatic rings. The van der Waals surface area contributed by atoms with Gasteiger partial charge in [0.05, 0.1) is 0 Å². The van der Waals surface area contributed by atoms with Gasteiger partial charge < -0.3 is 5.73 Å². The van der Waals surface area contributed by atoms with E-state index in [2.05, 4.69) is 89.0 Å². The summed E-state index contributed by atoms with van der Waals surface area (Å²) >= 11 is 1.77.